The normalized spacial score (nSPS) is 11.6. The monoisotopic (exact) mass is 311 g/mol. The Balaban J connectivity index is 1.44. The highest BCUT2D eigenvalue weighted by Crippen LogP contribution is 2.19. The molecule has 1 aromatic carbocycles. The molecule has 4 aromatic rings. The van der Waals surface area contributed by atoms with E-state index in [1.54, 1.807) is 18.4 Å². The van der Waals surface area contributed by atoms with E-state index in [0.717, 1.165) is 16.6 Å². The number of rotatable bonds is 5. The number of furan rings is 1. The summed E-state index contributed by atoms with van der Waals surface area (Å²) in [4.78, 5) is 2.06. The summed E-state index contributed by atoms with van der Waals surface area (Å²) in [6.07, 6.45) is 1.57. The zero-order valence-corrected chi connectivity index (χ0v) is 12.3. The number of aromatic nitrogens is 4. The third kappa shape index (κ3) is 2.84. The molecule has 0 saturated carbocycles. The van der Waals surface area contributed by atoms with Crippen LogP contribution in [0.15, 0.2) is 50.1 Å². The molecule has 0 atom stereocenters. The SMILES string of the molecule is CN(Cc1ccc2nonc2c1)Cc1nnc(-c2ccco2)o1. The van der Waals surface area contributed by atoms with E-state index in [-0.39, 0.29) is 0 Å². The van der Waals surface area contributed by atoms with Crippen molar-refractivity contribution in [3.05, 3.63) is 48.0 Å². The van der Waals surface area contributed by atoms with Gasteiger partial charge in [0, 0.05) is 6.54 Å². The van der Waals surface area contributed by atoms with Gasteiger partial charge in [-0.3, -0.25) is 4.90 Å². The molecule has 8 nitrogen and oxygen atoms in total. The van der Waals surface area contributed by atoms with E-state index in [2.05, 4.69) is 25.4 Å². The van der Waals surface area contributed by atoms with Crippen molar-refractivity contribution in [3.63, 3.8) is 0 Å². The fourth-order valence-electron chi connectivity index (χ4n) is 2.34. The van der Waals surface area contributed by atoms with Crippen molar-refractivity contribution >= 4 is 11.0 Å². The Morgan fingerprint density at radius 2 is 1.96 bits per heavy atom. The standard InChI is InChI=1S/C15H13N5O3/c1-20(8-10-4-5-11-12(7-10)19-23-18-11)9-14-16-17-15(22-14)13-3-2-6-21-13/h2-7H,8-9H2,1H3. The number of hydrogen-bond donors (Lipinski definition) is 0. The van der Waals surface area contributed by atoms with Crippen LogP contribution in [0.1, 0.15) is 11.5 Å². The van der Waals surface area contributed by atoms with Crippen LogP contribution < -0.4 is 0 Å². The maximum Gasteiger partial charge on any atom is 0.283 e. The molecule has 0 amide bonds. The molecule has 4 rings (SSSR count). The second-order valence-electron chi connectivity index (χ2n) is 5.24. The van der Waals surface area contributed by atoms with Crippen LogP contribution in [0.4, 0.5) is 0 Å². The van der Waals surface area contributed by atoms with Crippen LogP contribution in [-0.2, 0) is 13.1 Å². The Hall–Kier alpha value is -3.00. The Bertz CT molecular complexity index is 912. The quantitative estimate of drug-likeness (QED) is 0.555. The smallest absolute Gasteiger partial charge is 0.283 e. The van der Waals surface area contributed by atoms with Gasteiger partial charge >= 0.3 is 0 Å². The molecule has 0 N–H and O–H groups in total. The summed E-state index contributed by atoms with van der Waals surface area (Å²) < 4.78 is 15.5. The molecule has 0 aliphatic heterocycles. The third-order valence-electron chi connectivity index (χ3n) is 3.37. The first-order valence-corrected chi connectivity index (χ1v) is 7.04. The second-order valence-corrected chi connectivity index (χ2v) is 5.24. The molecule has 0 unspecified atom stereocenters. The maximum absolute atomic E-state index is 5.60. The first-order chi connectivity index (χ1) is 11.3. The molecule has 0 aliphatic rings. The van der Waals surface area contributed by atoms with E-state index in [1.807, 2.05) is 25.2 Å². The highest BCUT2D eigenvalue weighted by molar-refractivity contribution is 5.73. The Labute approximate surface area is 130 Å². The van der Waals surface area contributed by atoms with Crippen LogP contribution >= 0.6 is 0 Å². The number of nitrogens with zero attached hydrogens (tertiary/aromatic N) is 5. The molecule has 23 heavy (non-hydrogen) atoms. The van der Waals surface area contributed by atoms with Crippen molar-refractivity contribution in [2.45, 2.75) is 13.1 Å². The van der Waals surface area contributed by atoms with Crippen LogP contribution in [0, 0.1) is 0 Å². The van der Waals surface area contributed by atoms with Crippen molar-refractivity contribution in [2.24, 2.45) is 0 Å². The molecule has 8 heteroatoms. The van der Waals surface area contributed by atoms with E-state index in [1.165, 1.54) is 0 Å². The highest BCUT2D eigenvalue weighted by Gasteiger charge is 2.13. The molecule has 0 bridgehead atoms. The molecule has 0 saturated heterocycles. The molecule has 0 aliphatic carbocycles. The predicted octanol–water partition coefficient (Wildman–Crippen LogP) is 2.50. The lowest BCUT2D eigenvalue weighted by Gasteiger charge is -2.13. The second kappa shape index (κ2) is 5.65. The van der Waals surface area contributed by atoms with Crippen molar-refractivity contribution in [1.29, 1.82) is 0 Å². The Morgan fingerprint density at radius 3 is 2.83 bits per heavy atom. The lowest BCUT2D eigenvalue weighted by atomic mass is 10.2. The topological polar surface area (TPSA) is 94.2 Å². The van der Waals surface area contributed by atoms with Crippen LogP contribution in [0.3, 0.4) is 0 Å². The summed E-state index contributed by atoms with van der Waals surface area (Å²) in [5.74, 6) is 1.48. The Kier molecular flexibility index (Phi) is 3.35. The molecule has 0 fully saturated rings. The zero-order chi connectivity index (χ0) is 15.6. The van der Waals surface area contributed by atoms with Crippen LogP contribution in [-0.4, -0.2) is 32.5 Å². The van der Waals surface area contributed by atoms with Gasteiger partial charge in [0.25, 0.3) is 5.89 Å². The van der Waals surface area contributed by atoms with E-state index >= 15 is 0 Å². The van der Waals surface area contributed by atoms with Gasteiger partial charge in [0.1, 0.15) is 11.0 Å². The van der Waals surface area contributed by atoms with Crippen molar-refractivity contribution in [1.82, 2.24) is 25.4 Å². The molecule has 0 spiro atoms. The van der Waals surface area contributed by atoms with Gasteiger partial charge in [-0.25, -0.2) is 4.63 Å². The van der Waals surface area contributed by atoms with Crippen LogP contribution in [0.5, 0.6) is 0 Å². The van der Waals surface area contributed by atoms with Gasteiger partial charge in [0.2, 0.25) is 5.89 Å². The fourth-order valence-corrected chi connectivity index (χ4v) is 2.34. The summed E-state index contributed by atoms with van der Waals surface area (Å²) in [6.45, 7) is 1.24. The molecular formula is C15H13N5O3. The van der Waals surface area contributed by atoms with E-state index in [0.29, 0.717) is 30.6 Å². The minimum Gasteiger partial charge on any atom is -0.459 e. The molecule has 0 radical (unpaired) electrons. The van der Waals surface area contributed by atoms with Gasteiger partial charge in [0.05, 0.1) is 12.8 Å². The largest absolute Gasteiger partial charge is 0.459 e. The molecule has 116 valence electrons. The first kappa shape index (κ1) is 13.6. The third-order valence-corrected chi connectivity index (χ3v) is 3.37. The van der Waals surface area contributed by atoms with Gasteiger partial charge in [-0.1, -0.05) is 6.07 Å². The van der Waals surface area contributed by atoms with E-state index < -0.39 is 0 Å². The maximum atomic E-state index is 5.60. The number of hydrogen-bond acceptors (Lipinski definition) is 8. The number of fused-ring (bicyclic) bond motifs is 1. The molecule has 3 heterocycles. The lowest BCUT2D eigenvalue weighted by molar-refractivity contribution is 0.282. The van der Waals surface area contributed by atoms with Gasteiger partial charge in [0.15, 0.2) is 5.76 Å². The van der Waals surface area contributed by atoms with E-state index in [4.69, 9.17) is 13.5 Å². The summed E-state index contributed by atoms with van der Waals surface area (Å²) in [5, 5.41) is 15.7. The average molecular weight is 311 g/mol. The molecule has 3 aromatic heterocycles. The summed E-state index contributed by atoms with van der Waals surface area (Å²) in [6, 6.07) is 9.38. The van der Waals surface area contributed by atoms with Crippen molar-refractivity contribution < 1.29 is 13.5 Å². The van der Waals surface area contributed by atoms with Crippen LogP contribution in [0.2, 0.25) is 0 Å². The summed E-state index contributed by atoms with van der Waals surface area (Å²) >= 11 is 0. The lowest BCUT2D eigenvalue weighted by Crippen LogP contribution is -2.17. The van der Waals surface area contributed by atoms with E-state index in [9.17, 15) is 0 Å². The van der Waals surface area contributed by atoms with Crippen LogP contribution in [0.25, 0.3) is 22.7 Å². The van der Waals surface area contributed by atoms with Gasteiger partial charge in [-0.05, 0) is 47.2 Å². The minimum absolute atomic E-state index is 0.383. The highest BCUT2D eigenvalue weighted by atomic mass is 16.6. The van der Waals surface area contributed by atoms with Gasteiger partial charge in [-0.15, -0.1) is 10.2 Å². The first-order valence-electron chi connectivity index (χ1n) is 7.04. The van der Waals surface area contributed by atoms with Gasteiger partial charge < -0.3 is 8.83 Å². The zero-order valence-electron chi connectivity index (χ0n) is 12.3. The fraction of sp³-hybridized carbons (Fsp3) is 0.200. The predicted molar refractivity (Wildman–Crippen MR) is 79.0 cm³/mol. The van der Waals surface area contributed by atoms with Crippen molar-refractivity contribution in [2.75, 3.05) is 7.05 Å². The summed E-state index contributed by atoms with van der Waals surface area (Å²) in [7, 11) is 1.97. The average Bonchev–Trinajstić information content (AvgIpc) is 3.27. The minimum atomic E-state index is 0.383. The summed E-state index contributed by atoms with van der Waals surface area (Å²) in [5.41, 5.74) is 2.59. The Morgan fingerprint density at radius 1 is 1.04 bits per heavy atom. The van der Waals surface area contributed by atoms with Crippen molar-refractivity contribution in [3.8, 4) is 11.7 Å². The number of benzene rings is 1. The van der Waals surface area contributed by atoms with Gasteiger partial charge in [-0.2, -0.15) is 0 Å². The molecular weight excluding hydrogens is 298 g/mol.